The van der Waals surface area contributed by atoms with Crippen LogP contribution in [0, 0.1) is 17.8 Å². The molecule has 6 rings (SSSR count). The van der Waals surface area contributed by atoms with Crippen molar-refractivity contribution in [2.45, 2.75) is 50.3 Å². The lowest BCUT2D eigenvalue weighted by Crippen LogP contribution is -2.62. The first-order valence-corrected chi connectivity index (χ1v) is 9.51. The van der Waals surface area contributed by atoms with E-state index in [2.05, 4.69) is 21.9 Å². The molecule has 0 saturated heterocycles. The summed E-state index contributed by atoms with van der Waals surface area (Å²) in [5, 5.41) is 20.5. The molecule has 2 unspecified atom stereocenters. The summed E-state index contributed by atoms with van der Waals surface area (Å²) in [6, 6.07) is 6.14. The van der Waals surface area contributed by atoms with Crippen LogP contribution < -0.4 is 5.32 Å². The molecule has 0 spiro atoms. The molecule has 2 N–H and O–H groups in total. The Morgan fingerprint density at radius 2 is 2.13 bits per heavy atom. The van der Waals surface area contributed by atoms with Gasteiger partial charge in [-0.15, -0.1) is 11.3 Å². The summed E-state index contributed by atoms with van der Waals surface area (Å²) in [6.07, 6.45) is 5.91. The Labute approximate surface area is 139 Å². The van der Waals surface area contributed by atoms with Crippen LogP contribution in [-0.2, 0) is 6.54 Å². The van der Waals surface area contributed by atoms with E-state index in [-0.39, 0.29) is 11.6 Å². The first-order valence-electron chi connectivity index (χ1n) is 8.63. The molecular weight excluding hydrogens is 308 g/mol. The maximum absolute atomic E-state index is 10.4. The number of rotatable bonds is 4. The largest absolute Gasteiger partial charge is 0.393 e. The predicted molar refractivity (Wildman–Crippen MR) is 88.9 cm³/mol. The summed E-state index contributed by atoms with van der Waals surface area (Å²) < 4.78 is 5.48. The summed E-state index contributed by atoms with van der Waals surface area (Å²) in [7, 11) is 0. The zero-order valence-corrected chi connectivity index (χ0v) is 13.9. The zero-order chi connectivity index (χ0) is 15.4. The van der Waals surface area contributed by atoms with Gasteiger partial charge in [0.15, 0.2) is 5.76 Å². The van der Waals surface area contributed by atoms with Gasteiger partial charge in [-0.3, -0.25) is 0 Å². The highest BCUT2D eigenvalue weighted by Crippen LogP contribution is 2.55. The number of thiophene rings is 1. The van der Waals surface area contributed by atoms with E-state index in [0.717, 1.165) is 41.6 Å². The summed E-state index contributed by atoms with van der Waals surface area (Å²) in [5.74, 6) is 2.68. The smallest absolute Gasteiger partial charge is 0.177 e. The Morgan fingerprint density at radius 1 is 1.30 bits per heavy atom. The van der Waals surface area contributed by atoms with Gasteiger partial charge in [-0.25, -0.2) is 0 Å². The number of aromatic nitrogens is 1. The number of nitrogens with zero attached hydrogens (tertiary/aromatic N) is 1. The van der Waals surface area contributed by atoms with Crippen LogP contribution in [0.15, 0.2) is 28.1 Å². The van der Waals surface area contributed by atoms with E-state index in [1.165, 1.54) is 19.3 Å². The average Bonchev–Trinajstić information content (AvgIpc) is 3.20. The Hall–Kier alpha value is -1.17. The van der Waals surface area contributed by atoms with E-state index in [4.69, 9.17) is 4.52 Å². The average molecular weight is 330 g/mol. The molecule has 0 amide bonds. The number of aliphatic hydroxyl groups is 1. The number of aliphatic hydroxyl groups excluding tert-OH is 1. The van der Waals surface area contributed by atoms with E-state index in [1.807, 2.05) is 12.1 Å². The van der Waals surface area contributed by atoms with Crippen LogP contribution in [0.3, 0.4) is 0 Å². The maximum atomic E-state index is 10.4. The van der Waals surface area contributed by atoms with Crippen molar-refractivity contribution in [3.63, 3.8) is 0 Å². The van der Waals surface area contributed by atoms with Crippen LogP contribution in [0.4, 0.5) is 0 Å². The third-order valence-electron chi connectivity index (χ3n) is 6.19. The van der Waals surface area contributed by atoms with Crippen LogP contribution in [0.5, 0.6) is 0 Å². The SMILES string of the molecule is OC1C2CC3CC1CC(NCc1cc(-c4cccs4)on1)(C3)C2. The molecule has 0 aromatic carbocycles. The van der Waals surface area contributed by atoms with Crippen LogP contribution in [0.1, 0.15) is 37.8 Å². The Kier molecular flexibility index (Phi) is 3.19. The number of hydrogen-bond donors (Lipinski definition) is 2. The Morgan fingerprint density at radius 3 is 2.87 bits per heavy atom. The van der Waals surface area contributed by atoms with Gasteiger partial charge in [0.2, 0.25) is 0 Å². The fraction of sp³-hybridized carbons (Fsp3) is 0.611. The standard InChI is InChI=1S/C18H22N2O2S/c21-17-12-4-11-5-13(17)9-18(7-11,8-12)19-10-14-6-15(22-20-14)16-2-1-3-23-16/h1-3,6,11-13,17,19,21H,4-5,7-10H2. The molecule has 4 aliphatic carbocycles. The van der Waals surface area contributed by atoms with E-state index >= 15 is 0 Å². The molecule has 4 saturated carbocycles. The van der Waals surface area contributed by atoms with Gasteiger partial charge in [-0.2, -0.15) is 0 Å². The first-order chi connectivity index (χ1) is 11.2. The van der Waals surface area contributed by atoms with Crippen LogP contribution >= 0.6 is 11.3 Å². The van der Waals surface area contributed by atoms with Crippen LogP contribution in [0.25, 0.3) is 10.6 Å². The highest BCUT2D eigenvalue weighted by molar-refractivity contribution is 7.13. The third-order valence-corrected chi connectivity index (χ3v) is 7.08. The minimum Gasteiger partial charge on any atom is -0.393 e. The van der Waals surface area contributed by atoms with Gasteiger partial charge in [0, 0.05) is 18.2 Å². The molecule has 2 heterocycles. The van der Waals surface area contributed by atoms with Crippen molar-refractivity contribution in [2.75, 3.05) is 0 Å². The monoisotopic (exact) mass is 330 g/mol. The van der Waals surface area contributed by atoms with Crippen molar-refractivity contribution in [3.8, 4) is 10.6 Å². The molecule has 2 atom stereocenters. The van der Waals surface area contributed by atoms with Crippen molar-refractivity contribution in [3.05, 3.63) is 29.3 Å². The molecule has 0 radical (unpaired) electrons. The lowest BCUT2D eigenvalue weighted by atomic mass is 9.52. The topological polar surface area (TPSA) is 58.3 Å². The number of nitrogens with one attached hydrogen (secondary N) is 1. The molecule has 122 valence electrons. The van der Waals surface area contributed by atoms with E-state index in [9.17, 15) is 5.11 Å². The van der Waals surface area contributed by atoms with Crippen molar-refractivity contribution in [1.82, 2.24) is 10.5 Å². The maximum Gasteiger partial charge on any atom is 0.177 e. The highest BCUT2D eigenvalue weighted by Gasteiger charge is 2.54. The normalized spacial score (nSPS) is 38.3. The van der Waals surface area contributed by atoms with Gasteiger partial charge in [-0.1, -0.05) is 11.2 Å². The first kappa shape index (κ1) is 14.2. The molecule has 2 aromatic heterocycles. The summed E-state index contributed by atoms with van der Waals surface area (Å²) in [6.45, 7) is 0.761. The van der Waals surface area contributed by atoms with Gasteiger partial charge in [0.05, 0.1) is 16.7 Å². The third kappa shape index (κ3) is 2.37. The fourth-order valence-electron chi connectivity index (χ4n) is 5.42. The molecular formula is C18H22N2O2S. The molecule has 0 aliphatic heterocycles. The van der Waals surface area contributed by atoms with Gasteiger partial charge in [0.1, 0.15) is 0 Å². The number of hydrogen-bond acceptors (Lipinski definition) is 5. The quantitative estimate of drug-likeness (QED) is 0.902. The van der Waals surface area contributed by atoms with E-state index in [1.54, 1.807) is 11.3 Å². The van der Waals surface area contributed by atoms with Gasteiger partial charge in [0.25, 0.3) is 0 Å². The van der Waals surface area contributed by atoms with Crippen molar-refractivity contribution >= 4 is 11.3 Å². The molecule has 4 bridgehead atoms. The Bertz CT molecular complexity index is 680. The molecule has 5 heteroatoms. The van der Waals surface area contributed by atoms with Crippen molar-refractivity contribution in [1.29, 1.82) is 0 Å². The molecule has 23 heavy (non-hydrogen) atoms. The van der Waals surface area contributed by atoms with E-state index in [0.29, 0.717) is 11.8 Å². The minimum absolute atomic E-state index is 0.0565. The predicted octanol–water partition coefficient (Wildman–Crippen LogP) is 3.43. The fourth-order valence-corrected chi connectivity index (χ4v) is 6.10. The van der Waals surface area contributed by atoms with Gasteiger partial charge < -0.3 is 14.9 Å². The molecule has 4 fully saturated rings. The van der Waals surface area contributed by atoms with Crippen LogP contribution in [0.2, 0.25) is 0 Å². The van der Waals surface area contributed by atoms with Crippen LogP contribution in [-0.4, -0.2) is 21.9 Å². The highest BCUT2D eigenvalue weighted by atomic mass is 32.1. The lowest BCUT2D eigenvalue weighted by Gasteiger charge is -2.59. The second-order valence-electron chi connectivity index (χ2n) is 7.75. The minimum atomic E-state index is -0.0565. The van der Waals surface area contributed by atoms with E-state index < -0.39 is 0 Å². The van der Waals surface area contributed by atoms with Crippen molar-refractivity contribution in [2.24, 2.45) is 17.8 Å². The molecule has 4 aliphatic rings. The Balaban J connectivity index is 1.30. The summed E-state index contributed by atoms with van der Waals surface area (Å²) in [5.41, 5.74) is 1.20. The summed E-state index contributed by atoms with van der Waals surface area (Å²) >= 11 is 1.67. The second-order valence-corrected chi connectivity index (χ2v) is 8.70. The summed E-state index contributed by atoms with van der Waals surface area (Å²) in [4.78, 5) is 1.13. The molecule has 4 nitrogen and oxygen atoms in total. The lowest BCUT2D eigenvalue weighted by molar-refractivity contribution is -0.112. The van der Waals surface area contributed by atoms with Gasteiger partial charge in [-0.05, 0) is 61.3 Å². The van der Waals surface area contributed by atoms with Gasteiger partial charge >= 0.3 is 0 Å². The second kappa shape index (κ2) is 5.16. The van der Waals surface area contributed by atoms with Crippen molar-refractivity contribution < 1.29 is 9.63 Å². The molecule has 2 aromatic rings. The zero-order valence-electron chi connectivity index (χ0n) is 13.1.